The maximum Gasteiger partial charge on any atom is 0.223 e. The number of aryl methyl sites for hydroxylation is 2. The minimum absolute atomic E-state index is 0.185. The summed E-state index contributed by atoms with van der Waals surface area (Å²) < 4.78 is 0. The van der Waals surface area contributed by atoms with Crippen molar-refractivity contribution in [2.24, 2.45) is 0 Å². The number of amides is 1. The van der Waals surface area contributed by atoms with Crippen LogP contribution in [-0.2, 0) is 11.2 Å². The van der Waals surface area contributed by atoms with Crippen LogP contribution in [0.2, 0.25) is 0 Å². The molecular formula is C15H22N2O. The quantitative estimate of drug-likeness (QED) is 0.882. The lowest BCUT2D eigenvalue weighted by Gasteiger charge is -2.15. The Bertz CT molecular complexity index is 440. The van der Waals surface area contributed by atoms with Crippen molar-refractivity contribution in [1.82, 2.24) is 10.2 Å². The van der Waals surface area contributed by atoms with Crippen LogP contribution in [0.3, 0.4) is 0 Å². The number of benzene rings is 1. The first kappa shape index (κ1) is 13.1. The molecule has 1 N–H and O–H groups in total. The third kappa shape index (κ3) is 2.91. The van der Waals surface area contributed by atoms with Crippen molar-refractivity contribution in [3.63, 3.8) is 0 Å². The first-order chi connectivity index (χ1) is 8.58. The molecule has 2 rings (SSSR count). The Balaban J connectivity index is 1.90. The van der Waals surface area contributed by atoms with Gasteiger partial charge in [0.15, 0.2) is 0 Å². The maximum atomic E-state index is 11.5. The van der Waals surface area contributed by atoms with Gasteiger partial charge in [-0.1, -0.05) is 23.8 Å². The van der Waals surface area contributed by atoms with Crippen LogP contribution in [0.25, 0.3) is 0 Å². The van der Waals surface area contributed by atoms with Crippen LogP contribution in [0.15, 0.2) is 18.2 Å². The van der Waals surface area contributed by atoms with Crippen molar-refractivity contribution in [2.45, 2.75) is 32.2 Å². The minimum Gasteiger partial charge on any atom is -0.349 e. The Morgan fingerprint density at radius 2 is 2.22 bits per heavy atom. The minimum atomic E-state index is 0.185. The van der Waals surface area contributed by atoms with Crippen molar-refractivity contribution in [3.8, 4) is 0 Å². The molecule has 0 bridgehead atoms. The fraction of sp³-hybridized carbons (Fsp3) is 0.533. The second kappa shape index (κ2) is 5.53. The van der Waals surface area contributed by atoms with Crippen LogP contribution >= 0.6 is 0 Å². The number of carbonyl (C=O) groups is 1. The lowest BCUT2D eigenvalue weighted by Crippen LogP contribution is -2.28. The Hall–Kier alpha value is -1.35. The predicted octanol–water partition coefficient (Wildman–Crippen LogP) is 2.05. The van der Waals surface area contributed by atoms with Gasteiger partial charge >= 0.3 is 0 Å². The molecule has 0 heterocycles. The Labute approximate surface area is 109 Å². The number of hydrogen-bond donors (Lipinski definition) is 1. The molecule has 0 radical (unpaired) electrons. The standard InChI is InChI=1S/C15H22N2O/c1-11-4-5-12-6-7-14(13(12)10-11)16-9-8-15(18)17(2)3/h4-5,10,14,16H,6-9H2,1-3H3. The molecule has 1 amide bonds. The fourth-order valence-corrected chi connectivity index (χ4v) is 2.51. The van der Waals surface area contributed by atoms with E-state index in [2.05, 4.69) is 30.4 Å². The number of nitrogens with zero attached hydrogens (tertiary/aromatic N) is 1. The summed E-state index contributed by atoms with van der Waals surface area (Å²) in [5, 5.41) is 3.50. The first-order valence-electron chi connectivity index (χ1n) is 6.61. The molecule has 0 fully saturated rings. The zero-order valence-corrected chi connectivity index (χ0v) is 11.5. The molecular weight excluding hydrogens is 224 g/mol. The molecule has 1 unspecified atom stereocenters. The third-order valence-corrected chi connectivity index (χ3v) is 3.61. The van der Waals surface area contributed by atoms with E-state index in [0.717, 1.165) is 19.4 Å². The van der Waals surface area contributed by atoms with E-state index in [9.17, 15) is 4.79 Å². The largest absolute Gasteiger partial charge is 0.349 e. The summed E-state index contributed by atoms with van der Waals surface area (Å²) in [5.74, 6) is 0.185. The highest BCUT2D eigenvalue weighted by Crippen LogP contribution is 2.31. The summed E-state index contributed by atoms with van der Waals surface area (Å²) in [6.45, 7) is 2.89. The molecule has 0 spiro atoms. The van der Waals surface area contributed by atoms with Crippen molar-refractivity contribution in [3.05, 3.63) is 34.9 Å². The van der Waals surface area contributed by atoms with Crippen molar-refractivity contribution in [1.29, 1.82) is 0 Å². The molecule has 3 nitrogen and oxygen atoms in total. The summed E-state index contributed by atoms with van der Waals surface area (Å²) in [7, 11) is 3.60. The van der Waals surface area contributed by atoms with Crippen LogP contribution < -0.4 is 5.32 Å². The summed E-state index contributed by atoms with van der Waals surface area (Å²) in [6.07, 6.45) is 2.87. The maximum absolute atomic E-state index is 11.5. The fourth-order valence-electron chi connectivity index (χ4n) is 2.51. The molecule has 0 aliphatic heterocycles. The molecule has 1 aliphatic rings. The molecule has 18 heavy (non-hydrogen) atoms. The number of carbonyl (C=O) groups excluding carboxylic acids is 1. The van der Waals surface area contributed by atoms with E-state index in [1.54, 1.807) is 19.0 Å². The van der Waals surface area contributed by atoms with Crippen LogP contribution in [-0.4, -0.2) is 31.4 Å². The van der Waals surface area contributed by atoms with Gasteiger partial charge in [0.2, 0.25) is 5.91 Å². The van der Waals surface area contributed by atoms with Crippen molar-refractivity contribution in [2.75, 3.05) is 20.6 Å². The normalized spacial score (nSPS) is 17.6. The number of hydrogen-bond acceptors (Lipinski definition) is 2. The highest BCUT2D eigenvalue weighted by Gasteiger charge is 2.21. The molecule has 0 saturated heterocycles. The molecule has 0 saturated carbocycles. The average molecular weight is 246 g/mol. The highest BCUT2D eigenvalue weighted by atomic mass is 16.2. The molecule has 1 atom stereocenters. The topological polar surface area (TPSA) is 32.3 Å². The van der Waals surface area contributed by atoms with E-state index in [-0.39, 0.29) is 5.91 Å². The van der Waals surface area contributed by atoms with Gasteiger partial charge < -0.3 is 10.2 Å². The van der Waals surface area contributed by atoms with Gasteiger partial charge in [0.1, 0.15) is 0 Å². The van der Waals surface area contributed by atoms with Gasteiger partial charge in [-0.05, 0) is 30.9 Å². The van der Waals surface area contributed by atoms with Crippen molar-refractivity contribution < 1.29 is 4.79 Å². The Morgan fingerprint density at radius 3 is 2.94 bits per heavy atom. The summed E-state index contributed by atoms with van der Waals surface area (Å²) in [4.78, 5) is 13.1. The summed E-state index contributed by atoms with van der Waals surface area (Å²) in [5.41, 5.74) is 4.19. The zero-order chi connectivity index (χ0) is 13.1. The smallest absolute Gasteiger partial charge is 0.223 e. The van der Waals surface area contributed by atoms with E-state index in [1.807, 2.05) is 0 Å². The lowest BCUT2D eigenvalue weighted by atomic mass is 10.1. The van der Waals surface area contributed by atoms with Gasteiger partial charge in [-0.25, -0.2) is 0 Å². The van der Waals surface area contributed by atoms with Gasteiger partial charge in [0, 0.05) is 33.1 Å². The van der Waals surface area contributed by atoms with E-state index in [0.29, 0.717) is 12.5 Å². The number of nitrogens with one attached hydrogen (secondary N) is 1. The van der Waals surface area contributed by atoms with Gasteiger partial charge in [-0.2, -0.15) is 0 Å². The average Bonchev–Trinajstić information content (AvgIpc) is 2.71. The van der Waals surface area contributed by atoms with E-state index in [4.69, 9.17) is 0 Å². The molecule has 98 valence electrons. The summed E-state index contributed by atoms with van der Waals surface area (Å²) >= 11 is 0. The highest BCUT2D eigenvalue weighted by molar-refractivity contribution is 5.75. The van der Waals surface area contributed by atoms with Crippen molar-refractivity contribution >= 4 is 5.91 Å². The van der Waals surface area contributed by atoms with Crippen LogP contribution in [0.4, 0.5) is 0 Å². The lowest BCUT2D eigenvalue weighted by molar-refractivity contribution is -0.128. The van der Waals surface area contributed by atoms with E-state index < -0.39 is 0 Å². The number of fused-ring (bicyclic) bond motifs is 1. The molecule has 1 aromatic carbocycles. The van der Waals surface area contributed by atoms with Gasteiger partial charge in [-0.15, -0.1) is 0 Å². The SMILES string of the molecule is Cc1ccc2c(c1)C(NCCC(=O)N(C)C)CC2. The monoisotopic (exact) mass is 246 g/mol. The summed E-state index contributed by atoms with van der Waals surface area (Å²) in [6, 6.07) is 7.11. The van der Waals surface area contributed by atoms with Gasteiger partial charge in [-0.3, -0.25) is 4.79 Å². The molecule has 1 aliphatic carbocycles. The van der Waals surface area contributed by atoms with Gasteiger partial charge in [0.25, 0.3) is 0 Å². The van der Waals surface area contributed by atoms with Crippen LogP contribution in [0.5, 0.6) is 0 Å². The van der Waals surface area contributed by atoms with Crippen LogP contribution in [0, 0.1) is 6.92 Å². The molecule has 1 aromatic rings. The van der Waals surface area contributed by atoms with Crippen LogP contribution in [0.1, 0.15) is 35.6 Å². The molecule has 3 heteroatoms. The molecule has 0 aromatic heterocycles. The predicted molar refractivity (Wildman–Crippen MR) is 73.6 cm³/mol. The Morgan fingerprint density at radius 1 is 1.44 bits per heavy atom. The number of rotatable bonds is 4. The Kier molecular flexibility index (Phi) is 4.02. The second-order valence-electron chi connectivity index (χ2n) is 5.29. The van der Waals surface area contributed by atoms with E-state index in [1.165, 1.54) is 16.7 Å². The third-order valence-electron chi connectivity index (χ3n) is 3.61. The zero-order valence-electron chi connectivity index (χ0n) is 11.5. The van der Waals surface area contributed by atoms with E-state index >= 15 is 0 Å². The first-order valence-corrected chi connectivity index (χ1v) is 6.61. The second-order valence-corrected chi connectivity index (χ2v) is 5.29. The van der Waals surface area contributed by atoms with Gasteiger partial charge in [0.05, 0.1) is 0 Å².